The van der Waals surface area contributed by atoms with Crippen molar-refractivity contribution in [2.45, 2.75) is 30.2 Å². The number of hydrogen-bond acceptors (Lipinski definition) is 6. The Hall–Kier alpha value is -3.81. The van der Waals surface area contributed by atoms with Crippen LogP contribution in [0.15, 0.2) is 66.0 Å². The molecule has 2 aliphatic rings. The molecule has 1 spiro atoms. The quantitative estimate of drug-likeness (QED) is 0.358. The van der Waals surface area contributed by atoms with Crippen molar-refractivity contribution in [1.29, 1.82) is 5.26 Å². The van der Waals surface area contributed by atoms with E-state index in [2.05, 4.69) is 16.1 Å². The van der Waals surface area contributed by atoms with Crippen LogP contribution in [0.5, 0.6) is 5.75 Å². The van der Waals surface area contributed by atoms with Gasteiger partial charge in [-0.1, -0.05) is 0 Å². The van der Waals surface area contributed by atoms with E-state index in [0.29, 0.717) is 22.8 Å². The maximum absolute atomic E-state index is 13.2. The predicted octanol–water partition coefficient (Wildman–Crippen LogP) is 4.18. The standard InChI is InChI=1S/C27H25FN6O2S/c1-2-36-22-13-24(26-20(14-29)16-31-33(26)17-22)19-3-8-25(30-15-19)32-11-9-27(10-12-32)18-34(27)37(35)23-6-4-21(28)5-7-23/h3-8,13,15-17H,2,9-12,18H2,1H3. The molecule has 37 heavy (non-hydrogen) atoms. The highest BCUT2D eigenvalue weighted by Gasteiger charge is 2.56. The number of benzene rings is 1. The lowest BCUT2D eigenvalue weighted by Crippen LogP contribution is -2.40. The monoisotopic (exact) mass is 516 g/mol. The fourth-order valence-corrected chi connectivity index (χ4v) is 6.60. The summed E-state index contributed by atoms with van der Waals surface area (Å²) < 4.78 is 35.6. The Bertz CT molecular complexity index is 1520. The Kier molecular flexibility index (Phi) is 5.89. The second-order valence-corrected chi connectivity index (χ2v) is 10.8. The number of anilines is 1. The van der Waals surface area contributed by atoms with Gasteiger partial charge in [0, 0.05) is 37.0 Å². The van der Waals surface area contributed by atoms with Gasteiger partial charge in [0.15, 0.2) is 0 Å². The first-order valence-corrected chi connectivity index (χ1v) is 13.3. The zero-order valence-corrected chi connectivity index (χ0v) is 21.1. The van der Waals surface area contributed by atoms with Crippen molar-refractivity contribution in [2.24, 2.45) is 0 Å². The van der Waals surface area contributed by atoms with Gasteiger partial charge in [-0.3, -0.25) is 0 Å². The molecule has 2 unspecified atom stereocenters. The van der Waals surface area contributed by atoms with E-state index in [9.17, 15) is 13.9 Å². The molecule has 2 saturated heterocycles. The molecule has 188 valence electrons. The second-order valence-electron chi connectivity index (χ2n) is 9.34. The van der Waals surface area contributed by atoms with E-state index in [1.165, 1.54) is 12.1 Å². The zero-order chi connectivity index (χ0) is 25.6. The molecule has 4 aromatic rings. The van der Waals surface area contributed by atoms with E-state index in [4.69, 9.17) is 9.72 Å². The number of pyridine rings is 2. The van der Waals surface area contributed by atoms with Gasteiger partial charge in [0.1, 0.15) is 34.4 Å². The van der Waals surface area contributed by atoms with E-state index in [-0.39, 0.29) is 11.4 Å². The van der Waals surface area contributed by atoms with E-state index in [0.717, 1.165) is 54.9 Å². The Balaban J connectivity index is 1.17. The summed E-state index contributed by atoms with van der Waals surface area (Å²) in [6.45, 7) is 4.87. The molecule has 0 amide bonds. The number of hydrogen-bond donors (Lipinski definition) is 0. The number of ether oxygens (including phenoxy) is 1. The number of nitrogens with zero attached hydrogens (tertiary/aromatic N) is 6. The van der Waals surface area contributed by atoms with Gasteiger partial charge in [-0.25, -0.2) is 22.4 Å². The first-order valence-electron chi connectivity index (χ1n) is 12.2. The van der Waals surface area contributed by atoms with Crippen LogP contribution in [0, 0.1) is 17.1 Å². The lowest BCUT2D eigenvalue weighted by Gasteiger charge is -2.33. The molecule has 0 radical (unpaired) electrons. The van der Waals surface area contributed by atoms with E-state index < -0.39 is 11.0 Å². The molecular formula is C27H25FN6O2S. The molecule has 0 bridgehead atoms. The lowest BCUT2D eigenvalue weighted by atomic mass is 9.97. The van der Waals surface area contributed by atoms with Crippen LogP contribution in [0.25, 0.3) is 16.6 Å². The SMILES string of the molecule is CCOc1cc(-c2ccc(N3CCC4(CC3)CN4S(=O)c3ccc(F)cc3)nc2)c2c(C#N)cnn2c1. The van der Waals surface area contributed by atoms with Crippen molar-refractivity contribution in [3.63, 3.8) is 0 Å². The van der Waals surface area contributed by atoms with Crippen molar-refractivity contribution >= 4 is 22.3 Å². The van der Waals surface area contributed by atoms with Crippen molar-refractivity contribution in [3.05, 3.63) is 72.4 Å². The van der Waals surface area contributed by atoms with Gasteiger partial charge in [-0.2, -0.15) is 10.4 Å². The number of fused-ring (bicyclic) bond motifs is 1. The molecular weight excluding hydrogens is 491 g/mol. The Morgan fingerprint density at radius 1 is 1.16 bits per heavy atom. The normalized spacial score (nSPS) is 19.1. The summed E-state index contributed by atoms with van der Waals surface area (Å²) in [5.74, 6) is 1.24. The zero-order valence-electron chi connectivity index (χ0n) is 20.3. The Morgan fingerprint density at radius 2 is 1.95 bits per heavy atom. The number of nitriles is 1. The lowest BCUT2D eigenvalue weighted by molar-refractivity contribution is 0.338. The van der Waals surface area contributed by atoms with Crippen LogP contribution < -0.4 is 9.64 Å². The maximum Gasteiger partial charge on any atom is 0.138 e. The van der Waals surface area contributed by atoms with Crippen LogP contribution in [0.3, 0.4) is 0 Å². The van der Waals surface area contributed by atoms with Crippen LogP contribution in [-0.2, 0) is 11.0 Å². The van der Waals surface area contributed by atoms with Crippen LogP contribution in [0.4, 0.5) is 10.2 Å². The molecule has 2 aliphatic heterocycles. The van der Waals surface area contributed by atoms with Crippen LogP contribution in [0.1, 0.15) is 25.3 Å². The van der Waals surface area contributed by atoms with Gasteiger partial charge < -0.3 is 9.64 Å². The average Bonchev–Trinajstić information content (AvgIpc) is 3.45. The molecule has 8 nitrogen and oxygen atoms in total. The topological polar surface area (TPSA) is 86.5 Å². The number of halogens is 1. The first kappa shape index (κ1) is 23.6. The molecule has 5 heterocycles. The summed E-state index contributed by atoms with van der Waals surface area (Å²) >= 11 is 0. The highest BCUT2D eigenvalue weighted by atomic mass is 32.2. The Morgan fingerprint density at radius 3 is 2.62 bits per heavy atom. The molecule has 2 fully saturated rings. The van der Waals surface area contributed by atoms with Gasteiger partial charge >= 0.3 is 0 Å². The average molecular weight is 517 g/mol. The van der Waals surface area contributed by atoms with Crippen LogP contribution >= 0.6 is 0 Å². The molecule has 2 atom stereocenters. The smallest absolute Gasteiger partial charge is 0.138 e. The third-order valence-corrected chi connectivity index (χ3v) is 8.77. The molecule has 6 rings (SSSR count). The summed E-state index contributed by atoms with van der Waals surface area (Å²) in [6.07, 6.45) is 6.94. The number of aromatic nitrogens is 3. The minimum Gasteiger partial charge on any atom is -0.492 e. The van der Waals surface area contributed by atoms with Crippen molar-refractivity contribution in [1.82, 2.24) is 18.9 Å². The minimum atomic E-state index is -1.27. The molecule has 3 aromatic heterocycles. The van der Waals surface area contributed by atoms with Gasteiger partial charge in [0.25, 0.3) is 0 Å². The summed E-state index contributed by atoms with van der Waals surface area (Å²) in [5, 5.41) is 13.9. The molecule has 0 aliphatic carbocycles. The van der Waals surface area contributed by atoms with E-state index in [1.54, 1.807) is 29.0 Å². The summed E-state index contributed by atoms with van der Waals surface area (Å²) in [6, 6.07) is 14.1. The number of piperidine rings is 1. The molecule has 10 heteroatoms. The van der Waals surface area contributed by atoms with Gasteiger partial charge in [0.05, 0.1) is 40.5 Å². The summed E-state index contributed by atoms with van der Waals surface area (Å²) in [5.41, 5.74) is 2.88. The minimum absolute atomic E-state index is 0.0588. The third-order valence-electron chi connectivity index (χ3n) is 7.17. The first-order chi connectivity index (χ1) is 18.0. The van der Waals surface area contributed by atoms with Crippen molar-refractivity contribution in [2.75, 3.05) is 31.1 Å². The van der Waals surface area contributed by atoms with Gasteiger partial charge in [-0.05, 0) is 62.2 Å². The van der Waals surface area contributed by atoms with Crippen molar-refractivity contribution < 1.29 is 13.3 Å². The summed E-state index contributed by atoms with van der Waals surface area (Å²) in [4.78, 5) is 7.63. The highest BCUT2D eigenvalue weighted by Crippen LogP contribution is 2.45. The van der Waals surface area contributed by atoms with E-state index >= 15 is 0 Å². The molecule has 0 saturated carbocycles. The maximum atomic E-state index is 13.2. The van der Waals surface area contributed by atoms with Crippen LogP contribution in [0.2, 0.25) is 0 Å². The van der Waals surface area contributed by atoms with Gasteiger partial charge in [-0.15, -0.1) is 0 Å². The van der Waals surface area contributed by atoms with Crippen LogP contribution in [-0.4, -0.2) is 54.9 Å². The second kappa shape index (κ2) is 9.25. The van der Waals surface area contributed by atoms with E-state index in [1.807, 2.05) is 35.6 Å². The fraction of sp³-hybridized carbons (Fsp3) is 0.296. The number of rotatable bonds is 6. The van der Waals surface area contributed by atoms with Crippen molar-refractivity contribution in [3.8, 4) is 22.9 Å². The molecule has 0 N–H and O–H groups in total. The van der Waals surface area contributed by atoms with Gasteiger partial charge in [0.2, 0.25) is 0 Å². The fourth-order valence-electron chi connectivity index (χ4n) is 5.08. The largest absolute Gasteiger partial charge is 0.492 e. The summed E-state index contributed by atoms with van der Waals surface area (Å²) in [7, 11) is -1.27. The predicted molar refractivity (Wildman–Crippen MR) is 138 cm³/mol. The molecule has 1 aromatic carbocycles. The highest BCUT2D eigenvalue weighted by molar-refractivity contribution is 7.83. The Labute approximate surface area is 216 Å². The third kappa shape index (κ3) is 4.24.